The van der Waals surface area contributed by atoms with Crippen LogP contribution in [0.3, 0.4) is 0 Å². The number of methoxy groups -OCH3 is 1. The molecule has 1 unspecified atom stereocenters. The van der Waals surface area contributed by atoms with E-state index in [0.717, 1.165) is 10.8 Å². The first kappa shape index (κ1) is 21.5. The number of carboxylic acids is 1. The summed E-state index contributed by atoms with van der Waals surface area (Å²) in [5.41, 5.74) is 5.56. The number of amides is 2. The Balaban J connectivity index is 1.60. The number of hydrogen-bond donors (Lipinski definition) is 3. The number of nitrogens with two attached hydrogens (primary N) is 1. The van der Waals surface area contributed by atoms with Gasteiger partial charge in [-0.3, -0.25) is 9.59 Å². The minimum atomic E-state index is -1.23. The van der Waals surface area contributed by atoms with Gasteiger partial charge in [-0.1, -0.05) is 36.4 Å². The molecule has 164 valence electrons. The Hall–Kier alpha value is -2.78. The van der Waals surface area contributed by atoms with Crippen LogP contribution in [0.5, 0.6) is 5.75 Å². The summed E-state index contributed by atoms with van der Waals surface area (Å²) in [4.78, 5) is 39.1. The van der Waals surface area contributed by atoms with Crippen LogP contribution in [0.25, 0.3) is 10.8 Å². The predicted octanol–water partition coefficient (Wildman–Crippen LogP) is 1.87. The maximum absolute atomic E-state index is 13.1. The number of benzene rings is 2. The van der Waals surface area contributed by atoms with E-state index in [1.54, 1.807) is 26.8 Å². The highest BCUT2D eigenvalue weighted by Crippen LogP contribution is 2.54. The maximum Gasteiger partial charge on any atom is 0.327 e. The molecule has 0 radical (unpaired) electrons. The van der Waals surface area contributed by atoms with Crippen LogP contribution in [0.4, 0.5) is 0 Å². The number of β-lactam (4-membered cyclic amide) rings is 1. The van der Waals surface area contributed by atoms with E-state index in [1.165, 1.54) is 23.8 Å². The highest BCUT2D eigenvalue weighted by Gasteiger charge is 2.70. The molecular weight excluding hydrogens is 418 g/mol. The average Bonchev–Trinajstić information content (AvgIpc) is 3.01. The van der Waals surface area contributed by atoms with Crippen molar-refractivity contribution in [1.82, 2.24) is 10.2 Å². The minimum absolute atomic E-state index is 0.422. The number of nitrogens with zero attached hydrogens (tertiary/aromatic N) is 1. The van der Waals surface area contributed by atoms with Gasteiger partial charge in [0.2, 0.25) is 5.91 Å². The SMILES string of the molecule is COc1c(C(N)C(=O)N[C@@]2(C)C(=O)N3[C@@H](C(=O)O)C(C)(C)S[C@@H]32)ccc2ccccc12. The Kier molecular flexibility index (Phi) is 4.94. The van der Waals surface area contributed by atoms with E-state index in [9.17, 15) is 19.5 Å². The number of hydrogen-bond acceptors (Lipinski definition) is 6. The summed E-state index contributed by atoms with van der Waals surface area (Å²) >= 11 is 1.37. The summed E-state index contributed by atoms with van der Waals surface area (Å²) in [6.45, 7) is 5.19. The summed E-state index contributed by atoms with van der Waals surface area (Å²) in [5, 5.41) is 13.7. The van der Waals surface area contributed by atoms with Crippen molar-refractivity contribution in [2.24, 2.45) is 5.73 Å². The van der Waals surface area contributed by atoms with Crippen molar-refractivity contribution in [2.45, 2.75) is 48.5 Å². The summed E-state index contributed by atoms with van der Waals surface area (Å²) in [5.74, 6) is -1.50. The number of nitrogens with one attached hydrogen (secondary N) is 1. The van der Waals surface area contributed by atoms with Crippen LogP contribution in [0.2, 0.25) is 0 Å². The second-order valence-corrected chi connectivity index (χ2v) is 10.3. The highest BCUT2D eigenvalue weighted by molar-refractivity contribution is 8.01. The summed E-state index contributed by atoms with van der Waals surface area (Å²) < 4.78 is 4.87. The van der Waals surface area contributed by atoms with Crippen molar-refractivity contribution >= 4 is 40.3 Å². The second kappa shape index (κ2) is 7.13. The lowest BCUT2D eigenvalue weighted by molar-refractivity contribution is -0.168. The van der Waals surface area contributed by atoms with E-state index in [-0.39, 0.29) is 0 Å². The monoisotopic (exact) mass is 443 g/mol. The molecular formula is C22H25N3O5S. The normalized spacial score (nSPS) is 27.4. The fourth-order valence-electron chi connectivity index (χ4n) is 4.55. The molecule has 2 aliphatic rings. The minimum Gasteiger partial charge on any atom is -0.496 e. The highest BCUT2D eigenvalue weighted by atomic mass is 32.2. The van der Waals surface area contributed by atoms with Crippen LogP contribution >= 0.6 is 11.8 Å². The number of rotatable bonds is 5. The molecule has 2 aromatic carbocycles. The van der Waals surface area contributed by atoms with Crippen molar-refractivity contribution in [3.63, 3.8) is 0 Å². The van der Waals surface area contributed by atoms with Crippen molar-refractivity contribution in [1.29, 1.82) is 0 Å². The molecule has 0 spiro atoms. The van der Waals surface area contributed by atoms with Gasteiger partial charge >= 0.3 is 5.97 Å². The smallest absolute Gasteiger partial charge is 0.327 e. The van der Waals surface area contributed by atoms with Crippen molar-refractivity contribution in [3.8, 4) is 5.75 Å². The number of ether oxygens (including phenoxy) is 1. The third-order valence-electron chi connectivity index (χ3n) is 6.13. The van der Waals surface area contributed by atoms with Crippen molar-refractivity contribution in [3.05, 3.63) is 42.0 Å². The lowest BCUT2D eigenvalue weighted by Gasteiger charge is -2.51. The molecule has 4 N–H and O–H groups in total. The van der Waals surface area contributed by atoms with Gasteiger partial charge in [-0.25, -0.2) is 4.79 Å². The molecule has 0 bridgehead atoms. The molecule has 0 aromatic heterocycles. The average molecular weight is 444 g/mol. The Morgan fingerprint density at radius 1 is 1.23 bits per heavy atom. The lowest BCUT2D eigenvalue weighted by Crippen LogP contribution is -2.78. The van der Waals surface area contributed by atoms with E-state index in [4.69, 9.17) is 10.5 Å². The number of thioether (sulfide) groups is 1. The summed E-state index contributed by atoms with van der Waals surface area (Å²) in [7, 11) is 1.52. The zero-order valence-electron chi connectivity index (χ0n) is 17.7. The van der Waals surface area contributed by atoms with E-state index >= 15 is 0 Å². The molecule has 0 aliphatic carbocycles. The second-order valence-electron chi connectivity index (χ2n) is 8.61. The molecule has 0 saturated carbocycles. The van der Waals surface area contributed by atoms with Gasteiger partial charge in [0, 0.05) is 15.7 Å². The van der Waals surface area contributed by atoms with Crippen LogP contribution in [0.1, 0.15) is 32.4 Å². The molecule has 2 aromatic rings. The zero-order chi connectivity index (χ0) is 22.7. The van der Waals surface area contributed by atoms with Gasteiger partial charge in [-0.15, -0.1) is 11.8 Å². The summed E-state index contributed by atoms with van der Waals surface area (Å²) in [6, 6.07) is 9.21. The molecule has 4 atom stereocenters. The lowest BCUT2D eigenvalue weighted by atomic mass is 9.85. The quantitative estimate of drug-likeness (QED) is 0.603. The number of carbonyl (C=O) groups excluding carboxylic acids is 2. The van der Waals surface area contributed by atoms with Gasteiger partial charge < -0.3 is 25.8 Å². The topological polar surface area (TPSA) is 122 Å². The number of carboxylic acid groups (broad SMARTS) is 1. The first-order chi connectivity index (χ1) is 14.5. The molecule has 2 aliphatic heterocycles. The van der Waals surface area contributed by atoms with Gasteiger partial charge in [0.15, 0.2) is 0 Å². The van der Waals surface area contributed by atoms with E-state index in [2.05, 4.69) is 5.32 Å². The first-order valence-corrected chi connectivity index (χ1v) is 10.8. The zero-order valence-corrected chi connectivity index (χ0v) is 18.5. The predicted molar refractivity (Wildman–Crippen MR) is 118 cm³/mol. The maximum atomic E-state index is 13.1. The van der Waals surface area contributed by atoms with Gasteiger partial charge in [0.1, 0.15) is 28.7 Å². The van der Waals surface area contributed by atoms with E-state index < -0.39 is 45.5 Å². The van der Waals surface area contributed by atoms with Gasteiger partial charge in [-0.2, -0.15) is 0 Å². The van der Waals surface area contributed by atoms with Crippen LogP contribution in [0, 0.1) is 0 Å². The molecule has 2 amide bonds. The van der Waals surface area contributed by atoms with Gasteiger partial charge in [-0.05, 0) is 26.2 Å². The van der Waals surface area contributed by atoms with Crippen molar-refractivity contribution in [2.75, 3.05) is 7.11 Å². The van der Waals surface area contributed by atoms with Gasteiger partial charge in [0.25, 0.3) is 5.91 Å². The number of fused-ring (bicyclic) bond motifs is 2. The molecule has 4 rings (SSSR count). The van der Waals surface area contributed by atoms with E-state index in [0.29, 0.717) is 11.3 Å². The Morgan fingerprint density at radius 2 is 1.90 bits per heavy atom. The van der Waals surface area contributed by atoms with Crippen LogP contribution in [0.15, 0.2) is 36.4 Å². The molecule has 9 heteroatoms. The molecule has 31 heavy (non-hydrogen) atoms. The Labute approximate surface area is 184 Å². The molecule has 8 nitrogen and oxygen atoms in total. The van der Waals surface area contributed by atoms with Crippen molar-refractivity contribution < 1.29 is 24.2 Å². The van der Waals surface area contributed by atoms with Crippen LogP contribution in [-0.2, 0) is 14.4 Å². The van der Waals surface area contributed by atoms with Crippen LogP contribution < -0.4 is 15.8 Å². The molecule has 2 saturated heterocycles. The fourth-order valence-corrected chi connectivity index (χ4v) is 6.19. The Bertz CT molecular complexity index is 1100. The number of aliphatic carboxylic acids is 1. The fraction of sp³-hybridized carbons (Fsp3) is 0.409. The largest absolute Gasteiger partial charge is 0.496 e. The first-order valence-electron chi connectivity index (χ1n) is 9.89. The van der Waals surface area contributed by atoms with Crippen LogP contribution in [-0.4, -0.2) is 56.6 Å². The Morgan fingerprint density at radius 3 is 2.55 bits per heavy atom. The molecule has 2 heterocycles. The number of carbonyl (C=O) groups is 3. The third-order valence-corrected chi connectivity index (χ3v) is 7.88. The summed E-state index contributed by atoms with van der Waals surface area (Å²) in [6.07, 6.45) is 0. The molecule has 2 fully saturated rings. The van der Waals surface area contributed by atoms with Gasteiger partial charge in [0.05, 0.1) is 7.11 Å². The van der Waals surface area contributed by atoms with E-state index in [1.807, 2.05) is 30.3 Å². The standard InChI is InChI=1S/C22H25N3O5S/c1-21(2)16(18(27)28)25-19(29)22(3,20(25)31-21)24-17(26)14(23)13-10-9-11-7-5-6-8-12(11)15(13)30-4/h5-10,14,16,20H,23H2,1-4H3,(H,24,26)(H,27,28)/t14?,16-,20+,22-/m0/s1. The third kappa shape index (κ3) is 3.06.